The van der Waals surface area contributed by atoms with E-state index in [1.807, 2.05) is 38.3 Å². The van der Waals surface area contributed by atoms with Crippen LogP contribution >= 0.6 is 23.7 Å². The normalized spacial score (nSPS) is 24.2. The summed E-state index contributed by atoms with van der Waals surface area (Å²) in [5.74, 6) is 0.390. The molecule has 0 saturated heterocycles. The zero-order valence-electron chi connectivity index (χ0n) is 14.6. The molecule has 138 valence electrons. The minimum absolute atomic E-state index is 0. The Bertz CT molecular complexity index is 717. The van der Waals surface area contributed by atoms with Gasteiger partial charge in [-0.1, -0.05) is 19.9 Å². The van der Waals surface area contributed by atoms with Gasteiger partial charge in [0.25, 0.3) is 0 Å². The lowest BCUT2D eigenvalue weighted by molar-refractivity contribution is -0.170. The average molecular weight is 386 g/mol. The maximum Gasteiger partial charge on any atom is 0.241 e. The monoisotopic (exact) mass is 385 g/mol. The molecular formula is C17H24ClN3O3S. The number of halogens is 1. The highest BCUT2D eigenvalue weighted by Gasteiger charge is 2.62. The van der Waals surface area contributed by atoms with Gasteiger partial charge in [-0.15, -0.1) is 23.7 Å². The van der Waals surface area contributed by atoms with Crippen molar-refractivity contribution in [3.05, 3.63) is 29.5 Å². The van der Waals surface area contributed by atoms with E-state index in [9.17, 15) is 4.79 Å². The molecule has 1 aliphatic rings. The van der Waals surface area contributed by atoms with Crippen LogP contribution in [-0.2, 0) is 16.1 Å². The molecule has 2 aromatic heterocycles. The van der Waals surface area contributed by atoms with E-state index in [0.29, 0.717) is 31.2 Å². The van der Waals surface area contributed by atoms with Crippen molar-refractivity contribution in [1.29, 1.82) is 0 Å². The number of carbonyl (C=O) groups excluding carboxylic acids is 1. The van der Waals surface area contributed by atoms with Crippen LogP contribution in [0.3, 0.4) is 0 Å². The van der Waals surface area contributed by atoms with Crippen LogP contribution in [0.25, 0.3) is 10.8 Å². The first-order valence-corrected chi connectivity index (χ1v) is 8.93. The van der Waals surface area contributed by atoms with Gasteiger partial charge in [-0.2, -0.15) is 0 Å². The number of nitrogens with two attached hydrogens (primary N) is 1. The van der Waals surface area contributed by atoms with Gasteiger partial charge >= 0.3 is 0 Å². The lowest BCUT2D eigenvalue weighted by Crippen LogP contribution is -2.75. The summed E-state index contributed by atoms with van der Waals surface area (Å²) in [6, 6.07) is 3.88. The largest absolute Gasteiger partial charge is 0.443 e. The summed E-state index contributed by atoms with van der Waals surface area (Å²) in [4.78, 5) is 17.9. The maximum atomic E-state index is 12.6. The number of nitrogens with zero attached hydrogens (tertiary/aromatic N) is 1. The van der Waals surface area contributed by atoms with Gasteiger partial charge in [0.05, 0.1) is 23.2 Å². The Balaban J connectivity index is 0.00000225. The van der Waals surface area contributed by atoms with E-state index in [4.69, 9.17) is 14.9 Å². The molecule has 2 atom stereocenters. The molecule has 3 N–H and O–H groups in total. The van der Waals surface area contributed by atoms with Gasteiger partial charge in [-0.3, -0.25) is 4.79 Å². The summed E-state index contributed by atoms with van der Waals surface area (Å²) >= 11 is 1.56. The summed E-state index contributed by atoms with van der Waals surface area (Å²) in [6.45, 7) is 6.81. The minimum atomic E-state index is -0.923. The molecule has 2 unspecified atom stereocenters. The van der Waals surface area contributed by atoms with Gasteiger partial charge in [-0.05, 0) is 18.4 Å². The number of hydrogen-bond donors (Lipinski definition) is 2. The van der Waals surface area contributed by atoms with E-state index < -0.39 is 11.0 Å². The van der Waals surface area contributed by atoms with E-state index >= 15 is 0 Å². The number of amides is 1. The van der Waals surface area contributed by atoms with Gasteiger partial charge in [0.2, 0.25) is 11.8 Å². The van der Waals surface area contributed by atoms with Crippen molar-refractivity contribution in [1.82, 2.24) is 10.3 Å². The Kier molecular flexibility index (Phi) is 5.93. The Morgan fingerprint density at radius 1 is 1.56 bits per heavy atom. The van der Waals surface area contributed by atoms with Crippen molar-refractivity contribution >= 4 is 29.7 Å². The number of thiophene rings is 1. The Morgan fingerprint density at radius 3 is 2.92 bits per heavy atom. The fraction of sp³-hybridized carbons (Fsp3) is 0.529. The molecule has 2 heterocycles. The molecule has 25 heavy (non-hydrogen) atoms. The van der Waals surface area contributed by atoms with Gasteiger partial charge in [0, 0.05) is 18.4 Å². The Hall–Kier alpha value is -1.41. The second kappa shape index (κ2) is 7.45. The third-order valence-corrected chi connectivity index (χ3v) is 5.81. The fourth-order valence-electron chi connectivity index (χ4n) is 3.05. The van der Waals surface area contributed by atoms with Crippen molar-refractivity contribution in [2.24, 2.45) is 11.1 Å². The average Bonchev–Trinajstić information content (AvgIpc) is 3.23. The second-order valence-electron chi connectivity index (χ2n) is 6.65. The molecule has 1 amide bonds. The topological polar surface area (TPSA) is 90.4 Å². The first-order valence-electron chi connectivity index (χ1n) is 8.05. The van der Waals surface area contributed by atoms with E-state index in [2.05, 4.69) is 10.3 Å². The first kappa shape index (κ1) is 19.9. The van der Waals surface area contributed by atoms with E-state index in [0.717, 1.165) is 4.88 Å². The molecule has 3 rings (SSSR count). The van der Waals surface area contributed by atoms with Crippen LogP contribution in [0.4, 0.5) is 0 Å². The van der Waals surface area contributed by atoms with Gasteiger partial charge in [0.1, 0.15) is 11.8 Å². The molecule has 1 fully saturated rings. The van der Waals surface area contributed by atoms with Crippen LogP contribution < -0.4 is 11.1 Å². The molecular weight excluding hydrogens is 362 g/mol. The number of carbonyl (C=O) groups is 1. The number of hydrogen-bond acceptors (Lipinski definition) is 6. The molecule has 0 aromatic carbocycles. The Labute approximate surface area is 157 Å². The molecule has 0 bridgehead atoms. The summed E-state index contributed by atoms with van der Waals surface area (Å²) in [5.41, 5.74) is 5.70. The highest BCUT2D eigenvalue weighted by molar-refractivity contribution is 7.13. The summed E-state index contributed by atoms with van der Waals surface area (Å²) in [5, 5.41) is 4.84. The number of nitrogens with one attached hydrogen (secondary N) is 1. The van der Waals surface area contributed by atoms with Crippen molar-refractivity contribution in [2.45, 2.75) is 45.4 Å². The van der Waals surface area contributed by atoms with Crippen molar-refractivity contribution in [3.8, 4) is 10.8 Å². The smallest absolute Gasteiger partial charge is 0.241 e. The zero-order valence-corrected chi connectivity index (χ0v) is 16.2. The number of rotatable bonds is 6. The van der Waals surface area contributed by atoms with Crippen molar-refractivity contribution in [3.63, 3.8) is 0 Å². The quantitative estimate of drug-likeness (QED) is 0.797. The number of ether oxygens (including phenoxy) is 1. The summed E-state index contributed by atoms with van der Waals surface area (Å²) in [7, 11) is 0. The third-order valence-electron chi connectivity index (χ3n) is 4.95. The minimum Gasteiger partial charge on any atom is -0.443 e. The van der Waals surface area contributed by atoms with E-state index in [1.165, 1.54) is 0 Å². The van der Waals surface area contributed by atoms with Gasteiger partial charge < -0.3 is 20.2 Å². The molecule has 0 aliphatic heterocycles. The molecule has 1 aliphatic carbocycles. The van der Waals surface area contributed by atoms with E-state index in [1.54, 1.807) is 17.6 Å². The zero-order chi connectivity index (χ0) is 17.4. The van der Waals surface area contributed by atoms with Gasteiger partial charge in [-0.25, -0.2) is 4.98 Å². The van der Waals surface area contributed by atoms with Crippen molar-refractivity contribution < 1.29 is 13.9 Å². The third kappa shape index (κ3) is 3.46. The lowest BCUT2D eigenvalue weighted by atomic mass is 9.54. The highest BCUT2D eigenvalue weighted by Crippen LogP contribution is 2.49. The van der Waals surface area contributed by atoms with E-state index in [-0.39, 0.29) is 24.4 Å². The fourth-order valence-corrected chi connectivity index (χ4v) is 3.71. The predicted molar refractivity (Wildman–Crippen MR) is 99.6 cm³/mol. The first-order chi connectivity index (χ1) is 11.4. The summed E-state index contributed by atoms with van der Waals surface area (Å²) < 4.78 is 11.1. The number of aromatic nitrogens is 1. The lowest BCUT2D eigenvalue weighted by Gasteiger charge is -2.57. The molecule has 8 heteroatoms. The van der Waals surface area contributed by atoms with Crippen LogP contribution in [0, 0.1) is 5.41 Å². The molecule has 0 radical (unpaired) electrons. The molecule has 2 aromatic rings. The van der Waals surface area contributed by atoms with Gasteiger partial charge in [0.15, 0.2) is 0 Å². The second-order valence-corrected chi connectivity index (χ2v) is 7.59. The van der Waals surface area contributed by atoms with Crippen LogP contribution in [0.2, 0.25) is 0 Å². The summed E-state index contributed by atoms with van der Waals surface area (Å²) in [6.07, 6.45) is 2.10. The van der Waals surface area contributed by atoms with Crippen LogP contribution in [-0.4, -0.2) is 29.1 Å². The molecule has 0 spiro atoms. The predicted octanol–water partition coefficient (Wildman–Crippen LogP) is 2.97. The highest BCUT2D eigenvalue weighted by atomic mass is 35.5. The Morgan fingerprint density at radius 2 is 2.32 bits per heavy atom. The standard InChI is InChI=1S/C17H23N3O3S.ClH/c1-4-22-13-8-17(18,16(13,2)3)15(21)19-9-11-10-23-14(20-11)12-6-5-7-24-12;/h5-7,10,13H,4,8-9,18H2,1-3H3,(H,19,21);1H. The van der Waals surface area contributed by atoms with Crippen LogP contribution in [0.5, 0.6) is 0 Å². The SMILES string of the molecule is CCOC1CC(N)(C(=O)NCc2coc(-c3cccs3)n2)C1(C)C.Cl. The van der Waals surface area contributed by atoms with Crippen LogP contribution in [0.15, 0.2) is 28.2 Å². The van der Waals surface area contributed by atoms with Crippen LogP contribution in [0.1, 0.15) is 32.9 Å². The van der Waals surface area contributed by atoms with Crippen molar-refractivity contribution in [2.75, 3.05) is 6.61 Å². The molecule has 6 nitrogen and oxygen atoms in total. The number of oxazole rings is 1. The maximum absolute atomic E-state index is 12.6. The molecule has 1 saturated carbocycles.